The van der Waals surface area contributed by atoms with E-state index >= 15 is 0 Å². The number of piperazine rings is 1. The van der Waals surface area contributed by atoms with E-state index in [-0.39, 0.29) is 30.8 Å². The summed E-state index contributed by atoms with van der Waals surface area (Å²) in [7, 11) is 1.91. The molecule has 7 nitrogen and oxygen atoms in total. The van der Waals surface area contributed by atoms with Gasteiger partial charge >= 0.3 is 6.03 Å². The molecule has 0 unspecified atom stereocenters. The van der Waals surface area contributed by atoms with Gasteiger partial charge in [0.15, 0.2) is 0 Å². The van der Waals surface area contributed by atoms with Gasteiger partial charge in [0.2, 0.25) is 0 Å². The first-order chi connectivity index (χ1) is 14.7. The van der Waals surface area contributed by atoms with E-state index in [0.717, 1.165) is 62.6 Å². The molecule has 1 saturated heterocycles. The average Bonchev–Trinajstić information content (AvgIpc) is 3.30. The van der Waals surface area contributed by atoms with Crippen molar-refractivity contribution in [3.05, 3.63) is 36.8 Å². The summed E-state index contributed by atoms with van der Waals surface area (Å²) in [5.74, 6) is 0.836. The van der Waals surface area contributed by atoms with Crippen LogP contribution in [0.25, 0.3) is 11.3 Å². The number of imidazole rings is 1. The van der Waals surface area contributed by atoms with E-state index in [1.54, 1.807) is 10.9 Å². The summed E-state index contributed by atoms with van der Waals surface area (Å²) in [5, 5.41) is 3.37. The third-order valence-electron chi connectivity index (χ3n) is 6.24. The maximum Gasteiger partial charge on any atom is 0.329 e. The number of amides is 1. The van der Waals surface area contributed by atoms with Crippen molar-refractivity contribution in [2.75, 3.05) is 46.4 Å². The molecule has 1 amide bonds. The van der Waals surface area contributed by atoms with Gasteiger partial charge in [0.05, 0.1) is 5.69 Å². The minimum Gasteiger partial charge on any atom is -0.492 e. The Labute approximate surface area is 203 Å². The first kappa shape index (κ1) is 26.5. The van der Waals surface area contributed by atoms with Crippen molar-refractivity contribution in [1.29, 1.82) is 0 Å². The van der Waals surface area contributed by atoms with Crippen LogP contribution >= 0.6 is 24.8 Å². The number of nitrogens with zero attached hydrogens (tertiary/aromatic N) is 4. The fourth-order valence-electron chi connectivity index (χ4n) is 4.36. The van der Waals surface area contributed by atoms with Crippen molar-refractivity contribution in [3.8, 4) is 17.0 Å². The molecule has 0 atom stereocenters. The molecule has 2 aromatic rings. The Morgan fingerprint density at radius 2 is 1.94 bits per heavy atom. The molecular weight excluding hydrogens is 449 g/mol. The number of carbonyl (C=O) groups is 1. The molecule has 178 valence electrons. The van der Waals surface area contributed by atoms with Crippen LogP contribution in [0.3, 0.4) is 0 Å². The maximum absolute atomic E-state index is 12.9. The minimum absolute atomic E-state index is 0. The zero-order valence-electron chi connectivity index (χ0n) is 18.7. The Balaban J connectivity index is 0.00000181. The predicted molar refractivity (Wildman–Crippen MR) is 132 cm³/mol. The van der Waals surface area contributed by atoms with Crippen LogP contribution in [-0.2, 0) is 0 Å². The van der Waals surface area contributed by atoms with E-state index in [2.05, 4.69) is 15.2 Å². The second-order valence-electron chi connectivity index (χ2n) is 8.32. The van der Waals surface area contributed by atoms with Gasteiger partial charge < -0.3 is 15.0 Å². The second-order valence-corrected chi connectivity index (χ2v) is 8.32. The lowest BCUT2D eigenvalue weighted by molar-refractivity contribution is 0.175. The standard InChI is InChI=1S/C23H33N5O2.2ClH/c1-26(20-7-3-2-4-8-20)23(29)28-17-22(25-18-28)19-6-5-9-21(16-19)30-15-14-27-12-10-24-11-13-27;;/h5-6,9,16-18,20,24H,2-4,7-8,10-15H2,1H3;2*1H. The molecular formula is C23H35Cl2N5O2. The summed E-state index contributed by atoms with van der Waals surface area (Å²) >= 11 is 0. The number of carbonyl (C=O) groups excluding carboxylic acids is 1. The van der Waals surface area contributed by atoms with E-state index in [9.17, 15) is 4.79 Å². The van der Waals surface area contributed by atoms with E-state index < -0.39 is 0 Å². The number of hydrogen-bond donors (Lipinski definition) is 1. The second kappa shape index (κ2) is 13.0. The van der Waals surface area contributed by atoms with Crippen LogP contribution in [0.5, 0.6) is 5.75 Å². The lowest BCUT2D eigenvalue weighted by Crippen LogP contribution is -2.44. The minimum atomic E-state index is -0.0101. The lowest BCUT2D eigenvalue weighted by Gasteiger charge is -2.31. The van der Waals surface area contributed by atoms with Crippen LogP contribution in [0.1, 0.15) is 32.1 Å². The molecule has 1 saturated carbocycles. The van der Waals surface area contributed by atoms with E-state index in [0.29, 0.717) is 12.6 Å². The van der Waals surface area contributed by atoms with Gasteiger partial charge in [-0.25, -0.2) is 9.78 Å². The number of benzene rings is 1. The van der Waals surface area contributed by atoms with Gasteiger partial charge in [0, 0.05) is 57.6 Å². The van der Waals surface area contributed by atoms with Gasteiger partial charge in [-0.3, -0.25) is 9.47 Å². The quantitative estimate of drug-likeness (QED) is 0.674. The molecule has 2 fully saturated rings. The molecule has 1 aromatic carbocycles. The molecule has 2 aliphatic rings. The molecule has 1 aliphatic carbocycles. The van der Waals surface area contributed by atoms with E-state index in [1.165, 1.54) is 19.3 Å². The van der Waals surface area contributed by atoms with Gasteiger partial charge in [-0.1, -0.05) is 31.4 Å². The Bertz CT molecular complexity index is 835. The number of nitrogens with one attached hydrogen (secondary N) is 1. The van der Waals surface area contributed by atoms with Crippen LogP contribution in [0.4, 0.5) is 4.79 Å². The van der Waals surface area contributed by atoms with Gasteiger partial charge in [-0.15, -0.1) is 24.8 Å². The van der Waals surface area contributed by atoms with E-state index in [4.69, 9.17) is 4.74 Å². The number of ether oxygens (including phenoxy) is 1. The van der Waals surface area contributed by atoms with Crippen molar-refractivity contribution in [1.82, 2.24) is 24.7 Å². The van der Waals surface area contributed by atoms with Gasteiger partial charge in [-0.2, -0.15) is 0 Å². The van der Waals surface area contributed by atoms with Crippen molar-refractivity contribution < 1.29 is 9.53 Å². The first-order valence-corrected chi connectivity index (χ1v) is 11.2. The maximum atomic E-state index is 12.9. The highest BCUT2D eigenvalue weighted by molar-refractivity contribution is 5.85. The summed E-state index contributed by atoms with van der Waals surface area (Å²) < 4.78 is 7.57. The molecule has 0 bridgehead atoms. The molecule has 4 rings (SSSR count). The lowest BCUT2D eigenvalue weighted by atomic mass is 9.95. The molecule has 32 heavy (non-hydrogen) atoms. The fourth-order valence-corrected chi connectivity index (χ4v) is 4.36. The van der Waals surface area contributed by atoms with Crippen LogP contribution in [0.2, 0.25) is 0 Å². The van der Waals surface area contributed by atoms with Gasteiger partial charge in [0.25, 0.3) is 0 Å². The fraction of sp³-hybridized carbons (Fsp3) is 0.565. The van der Waals surface area contributed by atoms with Gasteiger partial charge in [-0.05, 0) is 25.0 Å². The Kier molecular flexibility index (Phi) is 10.8. The monoisotopic (exact) mass is 483 g/mol. The van der Waals surface area contributed by atoms with Crippen LogP contribution < -0.4 is 10.1 Å². The van der Waals surface area contributed by atoms with Crippen molar-refractivity contribution >= 4 is 30.8 Å². The summed E-state index contributed by atoms with van der Waals surface area (Å²) in [4.78, 5) is 21.6. The first-order valence-electron chi connectivity index (χ1n) is 11.2. The predicted octanol–water partition coefficient (Wildman–Crippen LogP) is 3.91. The number of aromatic nitrogens is 2. The SMILES string of the molecule is CN(C(=O)n1cnc(-c2cccc(OCCN3CCNCC3)c2)c1)C1CCCCC1.Cl.Cl. The van der Waals surface area contributed by atoms with Gasteiger partial charge in [0.1, 0.15) is 18.7 Å². The zero-order chi connectivity index (χ0) is 20.8. The smallest absolute Gasteiger partial charge is 0.329 e. The normalized spacial score (nSPS) is 17.2. The average molecular weight is 484 g/mol. The highest BCUT2D eigenvalue weighted by Crippen LogP contribution is 2.24. The Morgan fingerprint density at radius 3 is 2.69 bits per heavy atom. The zero-order valence-corrected chi connectivity index (χ0v) is 20.4. The molecule has 0 spiro atoms. The van der Waals surface area contributed by atoms with Crippen molar-refractivity contribution in [3.63, 3.8) is 0 Å². The van der Waals surface area contributed by atoms with Crippen LogP contribution in [-0.4, -0.2) is 77.8 Å². The number of rotatable bonds is 6. The largest absolute Gasteiger partial charge is 0.492 e. The molecule has 1 aliphatic heterocycles. The summed E-state index contributed by atoms with van der Waals surface area (Å²) in [6, 6.07) is 8.28. The third kappa shape index (κ3) is 6.85. The molecule has 1 aromatic heterocycles. The van der Waals surface area contributed by atoms with Crippen molar-refractivity contribution in [2.45, 2.75) is 38.1 Å². The molecule has 0 radical (unpaired) electrons. The Hall–Kier alpha value is -1.80. The highest BCUT2D eigenvalue weighted by Gasteiger charge is 2.23. The van der Waals surface area contributed by atoms with Crippen LogP contribution in [0, 0.1) is 0 Å². The third-order valence-corrected chi connectivity index (χ3v) is 6.24. The Morgan fingerprint density at radius 1 is 1.19 bits per heavy atom. The number of halogens is 2. The molecule has 1 N–H and O–H groups in total. The summed E-state index contributed by atoms with van der Waals surface area (Å²) in [6.07, 6.45) is 9.32. The molecule has 2 heterocycles. The highest BCUT2D eigenvalue weighted by atomic mass is 35.5. The number of hydrogen-bond acceptors (Lipinski definition) is 5. The van der Waals surface area contributed by atoms with Crippen molar-refractivity contribution in [2.24, 2.45) is 0 Å². The summed E-state index contributed by atoms with van der Waals surface area (Å²) in [5.41, 5.74) is 1.74. The van der Waals surface area contributed by atoms with E-state index in [1.807, 2.05) is 42.4 Å². The summed E-state index contributed by atoms with van der Waals surface area (Å²) in [6.45, 7) is 5.85. The van der Waals surface area contributed by atoms with Crippen LogP contribution in [0.15, 0.2) is 36.8 Å². The molecule has 9 heteroatoms. The topological polar surface area (TPSA) is 62.6 Å².